The zero-order chi connectivity index (χ0) is 13.4. The van der Waals surface area contributed by atoms with Crippen LogP contribution < -0.4 is 10.1 Å². The predicted molar refractivity (Wildman–Crippen MR) is 68.4 cm³/mol. The minimum absolute atomic E-state index is 0.0411. The van der Waals surface area contributed by atoms with E-state index in [1.54, 1.807) is 0 Å². The second kappa shape index (κ2) is 7.19. The van der Waals surface area contributed by atoms with Crippen molar-refractivity contribution in [3.8, 4) is 5.75 Å². The van der Waals surface area contributed by atoms with Crippen LogP contribution in [0.15, 0.2) is 23.3 Å². The van der Waals surface area contributed by atoms with Crippen LogP contribution in [-0.4, -0.2) is 25.6 Å². The van der Waals surface area contributed by atoms with Crippen LogP contribution in [0.5, 0.6) is 5.75 Å². The van der Waals surface area contributed by atoms with Gasteiger partial charge in [-0.25, -0.2) is 0 Å². The summed E-state index contributed by atoms with van der Waals surface area (Å²) in [5.41, 5.74) is 10.2. The van der Waals surface area contributed by atoms with Gasteiger partial charge in [0.1, 0.15) is 5.75 Å². The number of carbonyl (C=O) groups excluding carboxylic acids is 1. The zero-order valence-electron chi connectivity index (χ0n) is 10.5. The van der Waals surface area contributed by atoms with Gasteiger partial charge in [0.2, 0.25) is 0 Å². The first-order valence-corrected chi connectivity index (χ1v) is 5.61. The van der Waals surface area contributed by atoms with Crippen LogP contribution in [-0.2, 0) is 4.79 Å². The molecule has 0 unspecified atom stereocenters. The molecule has 6 heteroatoms. The third-order valence-corrected chi connectivity index (χ3v) is 2.51. The van der Waals surface area contributed by atoms with Crippen molar-refractivity contribution in [3.05, 3.63) is 39.8 Å². The van der Waals surface area contributed by atoms with Crippen molar-refractivity contribution in [2.24, 2.45) is 5.11 Å². The van der Waals surface area contributed by atoms with E-state index in [1.807, 2.05) is 32.0 Å². The maximum atomic E-state index is 11.4. The van der Waals surface area contributed by atoms with Crippen molar-refractivity contribution < 1.29 is 9.53 Å². The lowest BCUT2D eigenvalue weighted by Gasteiger charge is -2.10. The Morgan fingerprint density at radius 2 is 2.28 bits per heavy atom. The second-order valence-corrected chi connectivity index (χ2v) is 3.79. The standard InChI is InChI=1S/C12H16N4O2/c1-9-4-3-5-11(10(9)2)18-8-12(17)14-6-7-15-16-13/h3-5H,6-8H2,1-2H3,(H,14,17). The van der Waals surface area contributed by atoms with E-state index in [9.17, 15) is 4.79 Å². The van der Waals surface area contributed by atoms with E-state index in [-0.39, 0.29) is 19.1 Å². The molecular formula is C12H16N4O2. The molecule has 18 heavy (non-hydrogen) atoms. The highest BCUT2D eigenvalue weighted by Gasteiger charge is 2.05. The smallest absolute Gasteiger partial charge is 0.257 e. The topological polar surface area (TPSA) is 87.1 Å². The van der Waals surface area contributed by atoms with Crippen LogP contribution >= 0.6 is 0 Å². The SMILES string of the molecule is Cc1cccc(OCC(=O)NCCN=[N+]=[N-])c1C. The molecule has 0 fully saturated rings. The highest BCUT2D eigenvalue weighted by molar-refractivity contribution is 5.77. The molecule has 1 rings (SSSR count). The highest BCUT2D eigenvalue weighted by atomic mass is 16.5. The molecule has 0 saturated heterocycles. The summed E-state index contributed by atoms with van der Waals surface area (Å²) in [6.07, 6.45) is 0. The van der Waals surface area contributed by atoms with E-state index >= 15 is 0 Å². The fourth-order valence-corrected chi connectivity index (χ4v) is 1.36. The molecule has 0 aliphatic rings. The van der Waals surface area contributed by atoms with Crippen LogP contribution in [0.1, 0.15) is 11.1 Å². The number of azide groups is 1. The first kappa shape index (κ1) is 13.9. The van der Waals surface area contributed by atoms with E-state index in [4.69, 9.17) is 10.3 Å². The Bertz CT molecular complexity index is 467. The Balaban J connectivity index is 2.38. The van der Waals surface area contributed by atoms with Crippen LogP contribution in [0, 0.1) is 13.8 Å². The lowest BCUT2D eigenvalue weighted by molar-refractivity contribution is -0.123. The summed E-state index contributed by atoms with van der Waals surface area (Å²) in [5.74, 6) is 0.476. The van der Waals surface area contributed by atoms with Crippen molar-refractivity contribution in [3.63, 3.8) is 0 Å². The van der Waals surface area contributed by atoms with E-state index in [1.165, 1.54) is 0 Å². The van der Waals surface area contributed by atoms with Gasteiger partial charge in [-0.05, 0) is 36.6 Å². The summed E-state index contributed by atoms with van der Waals surface area (Å²) in [5, 5.41) is 5.91. The number of nitrogens with one attached hydrogen (secondary N) is 1. The highest BCUT2D eigenvalue weighted by Crippen LogP contribution is 2.20. The lowest BCUT2D eigenvalue weighted by atomic mass is 10.1. The van der Waals surface area contributed by atoms with Gasteiger partial charge >= 0.3 is 0 Å². The van der Waals surface area contributed by atoms with Crippen LogP contribution in [0.4, 0.5) is 0 Å². The van der Waals surface area contributed by atoms with Gasteiger partial charge in [0.05, 0.1) is 0 Å². The molecule has 0 radical (unpaired) electrons. The Morgan fingerprint density at radius 1 is 1.50 bits per heavy atom. The zero-order valence-corrected chi connectivity index (χ0v) is 10.5. The molecule has 0 bridgehead atoms. The summed E-state index contributed by atoms with van der Waals surface area (Å²) in [7, 11) is 0. The number of ether oxygens (including phenoxy) is 1. The largest absolute Gasteiger partial charge is 0.483 e. The summed E-state index contributed by atoms with van der Waals surface area (Å²) in [6.45, 7) is 4.46. The average molecular weight is 248 g/mol. The molecule has 0 heterocycles. The first-order valence-electron chi connectivity index (χ1n) is 5.61. The normalized spacial score (nSPS) is 9.44. The van der Waals surface area contributed by atoms with Crippen molar-refractivity contribution in [2.45, 2.75) is 13.8 Å². The Kier molecular flexibility index (Phi) is 5.54. The van der Waals surface area contributed by atoms with Gasteiger partial charge < -0.3 is 10.1 Å². The first-order chi connectivity index (χ1) is 8.65. The van der Waals surface area contributed by atoms with Crippen molar-refractivity contribution in [2.75, 3.05) is 19.7 Å². The molecule has 0 spiro atoms. The van der Waals surface area contributed by atoms with Gasteiger partial charge in [-0.2, -0.15) is 0 Å². The molecule has 0 atom stereocenters. The molecule has 1 amide bonds. The molecule has 1 aromatic carbocycles. The van der Waals surface area contributed by atoms with Gasteiger partial charge in [0, 0.05) is 18.0 Å². The number of hydrogen-bond acceptors (Lipinski definition) is 3. The number of amides is 1. The Labute approximate surface area is 106 Å². The average Bonchev–Trinajstić information content (AvgIpc) is 2.36. The monoisotopic (exact) mass is 248 g/mol. The van der Waals surface area contributed by atoms with Crippen LogP contribution in [0.3, 0.4) is 0 Å². The molecule has 0 saturated carbocycles. The van der Waals surface area contributed by atoms with Gasteiger partial charge in [-0.15, -0.1) is 0 Å². The third-order valence-electron chi connectivity index (χ3n) is 2.51. The van der Waals surface area contributed by atoms with Crippen LogP contribution in [0.2, 0.25) is 0 Å². The number of aryl methyl sites for hydroxylation is 1. The molecule has 0 aliphatic heterocycles. The quantitative estimate of drug-likeness (QED) is 0.361. The molecular weight excluding hydrogens is 232 g/mol. The molecule has 1 aromatic rings. The maximum Gasteiger partial charge on any atom is 0.257 e. The van der Waals surface area contributed by atoms with E-state index < -0.39 is 0 Å². The van der Waals surface area contributed by atoms with Gasteiger partial charge in [-0.3, -0.25) is 4.79 Å². The fraction of sp³-hybridized carbons (Fsp3) is 0.417. The number of carbonyl (C=O) groups is 1. The summed E-state index contributed by atoms with van der Waals surface area (Å²) in [4.78, 5) is 14.0. The number of benzene rings is 1. The minimum atomic E-state index is -0.232. The van der Waals surface area contributed by atoms with Crippen LogP contribution in [0.25, 0.3) is 10.4 Å². The van der Waals surface area contributed by atoms with Gasteiger partial charge in [0.25, 0.3) is 5.91 Å². The maximum absolute atomic E-state index is 11.4. The molecule has 0 aliphatic carbocycles. The van der Waals surface area contributed by atoms with E-state index in [0.29, 0.717) is 12.3 Å². The molecule has 96 valence electrons. The number of hydrogen-bond donors (Lipinski definition) is 1. The second-order valence-electron chi connectivity index (χ2n) is 3.79. The summed E-state index contributed by atoms with van der Waals surface area (Å²) in [6, 6.07) is 5.70. The van der Waals surface area contributed by atoms with Crippen molar-refractivity contribution in [1.29, 1.82) is 0 Å². The molecule has 0 aromatic heterocycles. The van der Waals surface area contributed by atoms with Gasteiger partial charge in [0.15, 0.2) is 6.61 Å². The van der Waals surface area contributed by atoms with E-state index in [0.717, 1.165) is 11.1 Å². The van der Waals surface area contributed by atoms with Gasteiger partial charge in [-0.1, -0.05) is 17.2 Å². The van der Waals surface area contributed by atoms with Crippen molar-refractivity contribution in [1.82, 2.24) is 5.32 Å². The van der Waals surface area contributed by atoms with E-state index in [2.05, 4.69) is 15.3 Å². The molecule has 6 nitrogen and oxygen atoms in total. The fourth-order valence-electron chi connectivity index (χ4n) is 1.36. The number of nitrogens with zero attached hydrogens (tertiary/aromatic N) is 3. The molecule has 1 N–H and O–H groups in total. The summed E-state index contributed by atoms with van der Waals surface area (Å²) >= 11 is 0. The third kappa shape index (κ3) is 4.35. The predicted octanol–water partition coefficient (Wildman–Crippen LogP) is 2.11. The lowest BCUT2D eigenvalue weighted by Crippen LogP contribution is -2.30. The van der Waals surface area contributed by atoms with Crippen molar-refractivity contribution >= 4 is 5.91 Å². The summed E-state index contributed by atoms with van der Waals surface area (Å²) < 4.78 is 5.42. The minimum Gasteiger partial charge on any atom is -0.483 e. The Hall–Kier alpha value is -2.20. The Morgan fingerprint density at radius 3 is 3.00 bits per heavy atom. The number of rotatable bonds is 6.